The third-order valence-electron chi connectivity index (χ3n) is 1.49. The molecule has 0 heterocycles. The maximum atomic E-state index is 3.59. The maximum absolute atomic E-state index is 3.59. The summed E-state index contributed by atoms with van der Waals surface area (Å²) in [5.41, 5.74) is 4.38. The van der Waals surface area contributed by atoms with Crippen molar-refractivity contribution in [2.75, 3.05) is 0 Å². The molecule has 0 spiro atoms. The molecule has 0 radical (unpaired) electrons. The molecule has 0 saturated carbocycles. The predicted molar refractivity (Wildman–Crippen MR) is 56.1 cm³/mol. The summed E-state index contributed by atoms with van der Waals surface area (Å²) in [6, 6.07) is 0. The Morgan fingerprint density at radius 3 is 2.75 bits per heavy atom. The summed E-state index contributed by atoms with van der Waals surface area (Å²) >= 11 is 0. The first-order valence-corrected chi connectivity index (χ1v) is 4.49. The number of unbranched alkanes of at least 4 members (excludes halogenated alkanes) is 1. The van der Waals surface area contributed by atoms with Gasteiger partial charge >= 0.3 is 0 Å². The molecule has 0 nitrogen and oxygen atoms in total. The van der Waals surface area contributed by atoms with E-state index in [2.05, 4.69) is 38.3 Å². The van der Waals surface area contributed by atoms with Gasteiger partial charge in [0.15, 0.2) is 0 Å². The van der Waals surface area contributed by atoms with E-state index in [9.17, 15) is 0 Å². The van der Waals surface area contributed by atoms with E-state index in [0.29, 0.717) is 0 Å². The Morgan fingerprint density at radius 2 is 2.17 bits per heavy atom. The molecule has 0 unspecified atom stereocenters. The van der Waals surface area contributed by atoms with Crippen LogP contribution in [-0.2, 0) is 0 Å². The standard InChI is InChI=1S/C12H18/c1-4-6-8-9-11-12(3)10-7-5-2/h5,7-9H,2,4,6,11H2,1,3H3. The van der Waals surface area contributed by atoms with E-state index >= 15 is 0 Å². The molecule has 0 amide bonds. The minimum absolute atomic E-state index is 1.00. The van der Waals surface area contributed by atoms with E-state index in [1.807, 2.05) is 6.08 Å². The second-order valence-electron chi connectivity index (χ2n) is 2.79. The zero-order valence-corrected chi connectivity index (χ0v) is 8.14. The zero-order valence-electron chi connectivity index (χ0n) is 8.14. The van der Waals surface area contributed by atoms with Crippen LogP contribution < -0.4 is 0 Å². The molecule has 0 fully saturated rings. The number of allylic oxidation sites excluding steroid dienone is 4. The first-order chi connectivity index (χ1) is 5.81. The van der Waals surface area contributed by atoms with Crippen LogP contribution in [0.1, 0.15) is 33.1 Å². The minimum Gasteiger partial charge on any atom is -0.122 e. The Balaban J connectivity index is 3.77. The van der Waals surface area contributed by atoms with E-state index in [-0.39, 0.29) is 0 Å². The lowest BCUT2D eigenvalue weighted by Gasteiger charge is -1.88. The summed E-state index contributed by atoms with van der Waals surface area (Å²) in [6.45, 7) is 7.86. The molecule has 0 N–H and O–H groups in total. The van der Waals surface area contributed by atoms with Gasteiger partial charge in [0.1, 0.15) is 0 Å². The molecule has 0 aliphatic rings. The molecule has 0 rings (SSSR count). The molecule has 66 valence electrons. The van der Waals surface area contributed by atoms with Crippen LogP contribution in [0.2, 0.25) is 0 Å². The van der Waals surface area contributed by atoms with Gasteiger partial charge in [-0.25, -0.2) is 0 Å². The summed E-state index contributed by atoms with van der Waals surface area (Å²) in [7, 11) is 0. The molecular weight excluding hydrogens is 144 g/mol. The van der Waals surface area contributed by atoms with Crippen molar-refractivity contribution in [2.24, 2.45) is 0 Å². The van der Waals surface area contributed by atoms with Crippen molar-refractivity contribution in [3.05, 3.63) is 42.2 Å². The maximum Gasteiger partial charge on any atom is -0.00653 e. The van der Waals surface area contributed by atoms with Crippen LogP contribution in [0.15, 0.2) is 42.2 Å². The molecule has 0 aliphatic carbocycles. The topological polar surface area (TPSA) is 0 Å². The van der Waals surface area contributed by atoms with Gasteiger partial charge in [-0.2, -0.15) is 0 Å². The largest absolute Gasteiger partial charge is 0.122 e. The van der Waals surface area contributed by atoms with Crippen molar-refractivity contribution >= 4 is 0 Å². The van der Waals surface area contributed by atoms with E-state index in [4.69, 9.17) is 0 Å². The van der Waals surface area contributed by atoms with Crippen LogP contribution in [-0.4, -0.2) is 0 Å². The molecule has 0 aromatic heterocycles. The first kappa shape index (κ1) is 11.0. The number of hydrogen-bond donors (Lipinski definition) is 0. The van der Waals surface area contributed by atoms with Crippen LogP contribution >= 0.6 is 0 Å². The van der Waals surface area contributed by atoms with Gasteiger partial charge in [-0.15, -0.1) is 5.73 Å². The lowest BCUT2D eigenvalue weighted by atomic mass is 10.2. The van der Waals surface area contributed by atoms with Crippen LogP contribution in [0, 0.1) is 0 Å². The van der Waals surface area contributed by atoms with Crippen molar-refractivity contribution in [1.29, 1.82) is 0 Å². The van der Waals surface area contributed by atoms with Gasteiger partial charge in [0.25, 0.3) is 0 Å². The highest BCUT2D eigenvalue weighted by Crippen LogP contribution is 2.00. The van der Waals surface area contributed by atoms with Crippen molar-refractivity contribution in [3.8, 4) is 0 Å². The fourth-order valence-electron chi connectivity index (χ4n) is 0.805. The van der Waals surface area contributed by atoms with E-state index < -0.39 is 0 Å². The summed E-state index contributed by atoms with van der Waals surface area (Å²) in [6.07, 6.45) is 11.4. The first-order valence-electron chi connectivity index (χ1n) is 4.49. The summed E-state index contributed by atoms with van der Waals surface area (Å²) in [5, 5.41) is 0. The SMILES string of the molecule is C=CC=C=C(C)CC=CCCC. The molecule has 0 aromatic carbocycles. The monoisotopic (exact) mass is 162 g/mol. The van der Waals surface area contributed by atoms with E-state index in [0.717, 1.165) is 6.42 Å². The fraction of sp³-hybridized carbons (Fsp3) is 0.417. The fourth-order valence-corrected chi connectivity index (χ4v) is 0.805. The predicted octanol–water partition coefficient (Wildman–Crippen LogP) is 4.02. The second-order valence-corrected chi connectivity index (χ2v) is 2.79. The molecule has 0 aliphatic heterocycles. The van der Waals surface area contributed by atoms with Gasteiger partial charge in [0, 0.05) is 0 Å². The van der Waals surface area contributed by atoms with Crippen LogP contribution in [0.5, 0.6) is 0 Å². The number of hydrogen-bond acceptors (Lipinski definition) is 0. The van der Waals surface area contributed by atoms with Gasteiger partial charge in [-0.05, 0) is 31.4 Å². The van der Waals surface area contributed by atoms with Gasteiger partial charge in [-0.3, -0.25) is 0 Å². The molecule has 0 atom stereocenters. The Kier molecular flexibility index (Phi) is 7.42. The van der Waals surface area contributed by atoms with Crippen molar-refractivity contribution in [2.45, 2.75) is 33.1 Å². The Hall–Kier alpha value is -1.00. The van der Waals surface area contributed by atoms with Crippen molar-refractivity contribution in [1.82, 2.24) is 0 Å². The Morgan fingerprint density at radius 1 is 1.42 bits per heavy atom. The van der Waals surface area contributed by atoms with Gasteiger partial charge in [0.2, 0.25) is 0 Å². The van der Waals surface area contributed by atoms with Crippen molar-refractivity contribution in [3.63, 3.8) is 0 Å². The summed E-state index contributed by atoms with van der Waals surface area (Å²) in [5.74, 6) is 0. The smallest absolute Gasteiger partial charge is 0.00653 e. The molecule has 0 saturated heterocycles. The third kappa shape index (κ3) is 7.11. The lowest BCUT2D eigenvalue weighted by molar-refractivity contribution is 0.953. The third-order valence-corrected chi connectivity index (χ3v) is 1.49. The minimum atomic E-state index is 1.00. The molecule has 0 aromatic rings. The van der Waals surface area contributed by atoms with Crippen molar-refractivity contribution < 1.29 is 0 Å². The van der Waals surface area contributed by atoms with Gasteiger partial charge < -0.3 is 0 Å². The molecular formula is C12H18. The molecule has 0 heteroatoms. The average molecular weight is 162 g/mol. The highest BCUT2D eigenvalue weighted by Gasteiger charge is 1.80. The van der Waals surface area contributed by atoms with Crippen LogP contribution in [0.4, 0.5) is 0 Å². The van der Waals surface area contributed by atoms with Gasteiger partial charge in [0.05, 0.1) is 0 Å². The second kappa shape index (κ2) is 8.10. The summed E-state index contributed by atoms with van der Waals surface area (Å²) in [4.78, 5) is 0. The number of rotatable bonds is 5. The average Bonchev–Trinajstić information content (AvgIpc) is 2.09. The molecule has 0 bridgehead atoms. The Labute approximate surface area is 76.0 Å². The summed E-state index contributed by atoms with van der Waals surface area (Å²) < 4.78 is 0. The highest BCUT2D eigenvalue weighted by molar-refractivity contribution is 5.08. The lowest BCUT2D eigenvalue weighted by Crippen LogP contribution is -1.69. The van der Waals surface area contributed by atoms with Crippen LogP contribution in [0.25, 0.3) is 0 Å². The Bertz CT molecular complexity index is 200. The van der Waals surface area contributed by atoms with E-state index in [1.165, 1.54) is 18.4 Å². The van der Waals surface area contributed by atoms with Crippen LogP contribution in [0.3, 0.4) is 0 Å². The zero-order chi connectivity index (χ0) is 9.23. The normalized spacial score (nSPS) is 9.50. The van der Waals surface area contributed by atoms with Gasteiger partial charge in [-0.1, -0.05) is 38.2 Å². The molecule has 12 heavy (non-hydrogen) atoms. The quantitative estimate of drug-likeness (QED) is 0.325. The highest BCUT2D eigenvalue weighted by atomic mass is 13.9. The van der Waals surface area contributed by atoms with E-state index in [1.54, 1.807) is 6.08 Å².